The van der Waals surface area contributed by atoms with E-state index in [9.17, 15) is 109 Å². The fourth-order valence-corrected chi connectivity index (χ4v) is 2.19. The Morgan fingerprint density at radius 2 is 0.551 bits per heavy atom. The van der Waals surface area contributed by atoms with E-state index in [1.165, 1.54) is 30.7 Å². The molecule has 0 N–H and O–H groups in total. The number of quaternary nitrogens is 1. The van der Waals surface area contributed by atoms with Crippen molar-refractivity contribution in [2.45, 2.75) is 64.8 Å². The molecule has 0 saturated carbocycles. The van der Waals surface area contributed by atoms with Crippen LogP contribution in [0.15, 0.2) is 35.5 Å². The fraction of sp³-hybridized carbons (Fsp3) is 0.609. The molecular weight excluding hydrogens is 794 g/mol. The maximum atomic E-state index is 11.3. The second-order valence-electron chi connectivity index (χ2n) is 8.21. The SMILES string of the molecule is CC[N+](CC)(CC)CC.O=C(/C=C(\[O-])C(F)(F)F)C(F)(F)F.O=C(/C=C(\[O-])C(F)(F)F)C(F)(F)F.O=C(/C=C(\[O-])C(F)(F)F)C(F)(F)F.[Zn+2]. The number of alkyl halides is 18. The summed E-state index contributed by atoms with van der Waals surface area (Å²) >= 11 is 0. The van der Waals surface area contributed by atoms with Crippen LogP contribution in [0.2, 0.25) is 0 Å². The zero-order chi connectivity index (χ0) is 39.9. The van der Waals surface area contributed by atoms with Crippen molar-refractivity contribution in [3.05, 3.63) is 35.5 Å². The summed E-state index contributed by atoms with van der Waals surface area (Å²) in [5, 5.41) is 29.5. The molecule has 0 bridgehead atoms. The van der Waals surface area contributed by atoms with Crippen LogP contribution in [0, 0.1) is 0 Å². The van der Waals surface area contributed by atoms with Gasteiger partial charge in [0.25, 0.3) is 17.3 Å². The van der Waals surface area contributed by atoms with E-state index in [-0.39, 0.29) is 19.5 Å². The molecule has 0 aromatic heterocycles. The summed E-state index contributed by atoms with van der Waals surface area (Å²) in [6.45, 7) is 14.2. The molecule has 26 heteroatoms. The van der Waals surface area contributed by atoms with E-state index in [4.69, 9.17) is 0 Å². The largest absolute Gasteiger partial charge is 2.00 e. The summed E-state index contributed by atoms with van der Waals surface area (Å²) < 4.78 is 205. The maximum absolute atomic E-state index is 11.3. The van der Waals surface area contributed by atoms with Crippen molar-refractivity contribution < 1.29 is 133 Å². The van der Waals surface area contributed by atoms with E-state index in [0.717, 1.165) is 0 Å². The second kappa shape index (κ2) is 21.2. The number of halogens is 18. The molecule has 0 aromatic rings. The van der Waals surface area contributed by atoms with E-state index in [2.05, 4.69) is 27.7 Å². The molecule has 0 saturated heterocycles. The molecule has 0 aromatic carbocycles. The van der Waals surface area contributed by atoms with Crippen LogP contribution in [0.1, 0.15) is 27.7 Å². The third-order valence-electron chi connectivity index (χ3n) is 5.15. The second-order valence-corrected chi connectivity index (χ2v) is 8.21. The van der Waals surface area contributed by atoms with Gasteiger partial charge in [-0.2, -0.15) is 79.0 Å². The van der Waals surface area contributed by atoms with Crippen LogP contribution in [0.5, 0.6) is 0 Å². The Kier molecular flexibility index (Phi) is 24.0. The van der Waals surface area contributed by atoms with E-state index in [0.29, 0.717) is 0 Å². The molecule has 0 fully saturated rings. The van der Waals surface area contributed by atoms with Crippen molar-refractivity contribution in [2.24, 2.45) is 0 Å². The molecule has 0 heterocycles. The van der Waals surface area contributed by atoms with E-state index < -0.39 is 89.9 Å². The molecule has 0 aliphatic carbocycles. The van der Waals surface area contributed by atoms with Crippen molar-refractivity contribution in [1.29, 1.82) is 0 Å². The van der Waals surface area contributed by atoms with E-state index in [1.807, 2.05) is 0 Å². The summed E-state index contributed by atoms with van der Waals surface area (Å²) in [6.07, 6.45) is -35.8. The van der Waals surface area contributed by atoms with Crippen molar-refractivity contribution >= 4 is 17.3 Å². The van der Waals surface area contributed by atoms with Crippen LogP contribution in [-0.4, -0.2) is 85.1 Å². The summed E-state index contributed by atoms with van der Waals surface area (Å²) in [6, 6.07) is 0. The van der Waals surface area contributed by atoms with E-state index in [1.54, 1.807) is 0 Å². The molecule has 0 aliphatic rings. The van der Waals surface area contributed by atoms with Crippen molar-refractivity contribution in [3.8, 4) is 0 Å². The quantitative estimate of drug-likeness (QED) is 0.121. The summed E-state index contributed by atoms with van der Waals surface area (Å²) in [7, 11) is 0. The molecule has 49 heavy (non-hydrogen) atoms. The predicted octanol–water partition coefficient (Wildman–Crippen LogP) is 4.65. The monoisotopic (exact) mass is 815 g/mol. The minimum atomic E-state index is -5.46. The van der Waals surface area contributed by atoms with Crippen LogP contribution >= 0.6 is 0 Å². The number of rotatable bonds is 7. The van der Waals surface area contributed by atoms with Gasteiger partial charge in [-0.25, -0.2) is 0 Å². The smallest absolute Gasteiger partial charge is 0.869 e. The standard InChI is InChI=1S/C8H20N.3C5H2F6O2.Zn/c1-5-9(6-2,7-3)8-4;3*6-4(7,8)2(12)1-3(13)5(9,10)11;/h5-8H2,1-4H3;3*1,12H;/q+1;;;;+2/p-3/b;3*2-1-;. The van der Waals surface area contributed by atoms with Crippen molar-refractivity contribution in [3.63, 3.8) is 0 Å². The summed E-state index contributed by atoms with van der Waals surface area (Å²) in [5.74, 6) is -16.9. The van der Waals surface area contributed by atoms with Gasteiger partial charge in [0.1, 0.15) is 0 Å². The van der Waals surface area contributed by atoms with Crippen LogP contribution in [0.25, 0.3) is 0 Å². The van der Waals surface area contributed by atoms with Gasteiger partial charge in [0.05, 0.1) is 26.2 Å². The average Bonchev–Trinajstić information content (AvgIpc) is 2.88. The van der Waals surface area contributed by atoms with Crippen molar-refractivity contribution in [2.75, 3.05) is 26.2 Å². The van der Waals surface area contributed by atoms with E-state index >= 15 is 0 Å². The van der Waals surface area contributed by atoms with Gasteiger partial charge >= 0.3 is 56.5 Å². The third kappa shape index (κ3) is 25.6. The number of hydrogen-bond acceptors (Lipinski definition) is 6. The van der Waals surface area contributed by atoms with Gasteiger partial charge in [-0.15, -0.1) is 0 Å². The Morgan fingerprint density at radius 3 is 0.612 bits per heavy atom. The van der Waals surface area contributed by atoms with Crippen LogP contribution in [-0.2, 0) is 33.9 Å². The Morgan fingerprint density at radius 1 is 0.408 bits per heavy atom. The normalized spacial score (nSPS) is 13.7. The van der Waals surface area contributed by atoms with Crippen LogP contribution in [0.4, 0.5) is 79.0 Å². The average molecular weight is 817 g/mol. The number of nitrogens with zero attached hydrogens (tertiary/aromatic N) is 1. The summed E-state index contributed by atoms with van der Waals surface area (Å²) in [5.41, 5.74) is 0. The number of carbonyl (C=O) groups excluding carboxylic acids is 3. The van der Waals surface area contributed by atoms with Gasteiger partial charge < -0.3 is 19.8 Å². The minimum absolute atomic E-state index is 0. The van der Waals surface area contributed by atoms with Crippen molar-refractivity contribution in [1.82, 2.24) is 0 Å². The molecule has 0 aliphatic heterocycles. The first kappa shape index (κ1) is 55.4. The molecule has 0 atom stereocenters. The number of hydrogen-bond donors (Lipinski definition) is 0. The molecule has 0 radical (unpaired) electrons. The molecule has 284 valence electrons. The first-order valence-electron chi connectivity index (χ1n) is 12.0. The molecule has 0 unspecified atom stereocenters. The fourth-order valence-electron chi connectivity index (χ4n) is 2.19. The van der Waals surface area contributed by atoms with Gasteiger partial charge in [0.15, 0.2) is 0 Å². The molecule has 0 rings (SSSR count). The number of allylic oxidation sites excluding steroid dienone is 6. The zero-order valence-corrected chi connectivity index (χ0v) is 27.9. The Balaban J connectivity index is -0.000000176. The van der Waals surface area contributed by atoms with Gasteiger partial charge in [-0.05, 0) is 63.2 Å². The van der Waals surface area contributed by atoms with Gasteiger partial charge in [0.2, 0.25) is 0 Å². The summed E-state index contributed by atoms with van der Waals surface area (Å²) in [4.78, 5) is 29.5. The third-order valence-corrected chi connectivity index (χ3v) is 5.15. The van der Waals surface area contributed by atoms with Crippen LogP contribution in [0.3, 0.4) is 0 Å². The number of carbonyl (C=O) groups is 3. The Labute approximate surface area is 276 Å². The molecule has 0 amide bonds. The molecule has 7 nitrogen and oxygen atoms in total. The minimum Gasteiger partial charge on any atom is -0.869 e. The van der Waals surface area contributed by atoms with Gasteiger partial charge in [-0.3, -0.25) is 14.4 Å². The topological polar surface area (TPSA) is 120 Å². The Hall–Kier alpha value is -3.05. The van der Waals surface area contributed by atoms with Gasteiger partial charge in [0, 0.05) is 0 Å². The molecular formula is C23H23F18NO6Zn. The number of ketones is 3. The van der Waals surface area contributed by atoms with Gasteiger partial charge in [-0.1, -0.05) is 0 Å². The Bertz CT molecular complexity index is 983. The molecule has 0 spiro atoms. The maximum Gasteiger partial charge on any atom is 2.00 e. The zero-order valence-electron chi connectivity index (χ0n) is 25.0. The first-order chi connectivity index (χ1) is 20.9. The predicted molar refractivity (Wildman–Crippen MR) is 118 cm³/mol. The first-order valence-corrected chi connectivity index (χ1v) is 12.0. The van der Waals surface area contributed by atoms with Crippen LogP contribution < -0.4 is 15.3 Å².